The van der Waals surface area contributed by atoms with Crippen molar-refractivity contribution in [3.8, 4) is 0 Å². The van der Waals surface area contributed by atoms with E-state index in [2.05, 4.69) is 0 Å². The van der Waals surface area contributed by atoms with E-state index in [4.69, 9.17) is 0 Å². The Morgan fingerprint density at radius 2 is 1.82 bits per heavy atom. The van der Waals surface area contributed by atoms with Gasteiger partial charge in [0.15, 0.2) is 12.4 Å². The third-order valence-corrected chi connectivity index (χ3v) is 2.09. The lowest BCUT2D eigenvalue weighted by Crippen LogP contribution is -2.26. The summed E-state index contributed by atoms with van der Waals surface area (Å²) in [5.41, 5.74) is 0. The molecular weight excluding hydrogens is 166 g/mol. The summed E-state index contributed by atoms with van der Waals surface area (Å²) in [6.07, 6.45) is 3.01. The fourth-order valence-corrected chi connectivity index (χ4v) is 1.11. The zero-order chi connectivity index (χ0) is 8.48. The first-order valence-corrected chi connectivity index (χ1v) is 4.32. The molecule has 0 bridgehead atoms. The molecule has 60 valence electrons. The highest BCUT2D eigenvalue weighted by atomic mass is 32.2. The SMILES string of the molecule is C[n+]1ccc(S(=O)(=O)[O-])cc1. The lowest BCUT2D eigenvalue weighted by atomic mass is 10.5. The van der Waals surface area contributed by atoms with Crippen LogP contribution in [0.2, 0.25) is 0 Å². The van der Waals surface area contributed by atoms with Crippen molar-refractivity contribution in [2.24, 2.45) is 7.05 Å². The smallest absolute Gasteiger partial charge is 0.169 e. The molecule has 0 fully saturated rings. The van der Waals surface area contributed by atoms with E-state index in [0.29, 0.717) is 0 Å². The van der Waals surface area contributed by atoms with E-state index in [-0.39, 0.29) is 4.90 Å². The molecule has 0 radical (unpaired) electrons. The van der Waals surface area contributed by atoms with Gasteiger partial charge in [-0.3, -0.25) is 0 Å². The highest BCUT2D eigenvalue weighted by Gasteiger charge is 2.01. The van der Waals surface area contributed by atoms with Gasteiger partial charge >= 0.3 is 0 Å². The molecule has 0 aliphatic rings. The Kier molecular flexibility index (Phi) is 1.92. The monoisotopic (exact) mass is 173 g/mol. The topological polar surface area (TPSA) is 61.1 Å². The van der Waals surface area contributed by atoms with Gasteiger partial charge in [0.2, 0.25) is 0 Å². The molecular formula is C6H7NO3S. The van der Waals surface area contributed by atoms with Crippen LogP contribution in [0.25, 0.3) is 0 Å². The average Bonchev–Trinajstić information content (AvgIpc) is 1.86. The van der Waals surface area contributed by atoms with Crippen LogP contribution in [-0.2, 0) is 17.2 Å². The first-order chi connectivity index (χ1) is 5.00. The third kappa shape index (κ3) is 1.99. The summed E-state index contributed by atoms with van der Waals surface area (Å²) >= 11 is 0. The molecule has 11 heavy (non-hydrogen) atoms. The Labute approximate surface area is 64.9 Å². The fraction of sp³-hybridized carbons (Fsp3) is 0.167. The van der Waals surface area contributed by atoms with Crippen LogP contribution >= 0.6 is 0 Å². The molecule has 1 rings (SSSR count). The van der Waals surface area contributed by atoms with Crippen LogP contribution in [-0.4, -0.2) is 13.0 Å². The van der Waals surface area contributed by atoms with Gasteiger partial charge < -0.3 is 4.55 Å². The second-order valence-corrected chi connectivity index (χ2v) is 3.53. The normalized spacial score (nSPS) is 11.5. The lowest BCUT2D eigenvalue weighted by molar-refractivity contribution is -0.671. The second-order valence-electron chi connectivity index (χ2n) is 2.15. The van der Waals surface area contributed by atoms with Crippen LogP contribution < -0.4 is 4.57 Å². The van der Waals surface area contributed by atoms with Gasteiger partial charge in [0.1, 0.15) is 17.2 Å². The zero-order valence-corrected chi connectivity index (χ0v) is 6.71. The summed E-state index contributed by atoms with van der Waals surface area (Å²) in [5, 5.41) is 0. The largest absolute Gasteiger partial charge is 0.744 e. The molecule has 0 N–H and O–H groups in total. The Balaban J connectivity index is 3.20. The van der Waals surface area contributed by atoms with Gasteiger partial charge in [-0.2, -0.15) is 0 Å². The van der Waals surface area contributed by atoms with Crippen LogP contribution in [0.4, 0.5) is 0 Å². The van der Waals surface area contributed by atoms with Crippen molar-refractivity contribution >= 4 is 10.1 Å². The number of nitrogens with zero attached hydrogens (tertiary/aromatic N) is 1. The van der Waals surface area contributed by atoms with Gasteiger partial charge in [0.05, 0.1) is 4.90 Å². The van der Waals surface area contributed by atoms with Gasteiger partial charge in [-0.1, -0.05) is 0 Å². The molecule has 4 nitrogen and oxygen atoms in total. The molecule has 1 aromatic heterocycles. The van der Waals surface area contributed by atoms with E-state index in [9.17, 15) is 13.0 Å². The van der Waals surface area contributed by atoms with Crippen LogP contribution in [0.1, 0.15) is 0 Å². The molecule has 1 aromatic rings. The Morgan fingerprint density at radius 3 is 2.18 bits per heavy atom. The predicted molar refractivity (Wildman–Crippen MR) is 35.6 cm³/mol. The minimum atomic E-state index is -4.28. The summed E-state index contributed by atoms with van der Waals surface area (Å²) in [5.74, 6) is 0. The molecule has 0 amide bonds. The van der Waals surface area contributed by atoms with Crippen LogP contribution in [0.3, 0.4) is 0 Å². The maximum Gasteiger partial charge on any atom is 0.169 e. The molecule has 0 saturated carbocycles. The third-order valence-electron chi connectivity index (χ3n) is 1.24. The van der Waals surface area contributed by atoms with Gasteiger partial charge in [-0.15, -0.1) is 0 Å². The molecule has 0 atom stereocenters. The van der Waals surface area contributed by atoms with Crippen LogP contribution in [0.5, 0.6) is 0 Å². The number of aryl methyl sites for hydroxylation is 1. The average molecular weight is 173 g/mol. The first kappa shape index (κ1) is 8.16. The molecule has 0 unspecified atom stereocenters. The van der Waals surface area contributed by atoms with E-state index in [1.165, 1.54) is 24.5 Å². The van der Waals surface area contributed by atoms with E-state index < -0.39 is 10.1 Å². The van der Waals surface area contributed by atoms with E-state index in [1.54, 1.807) is 11.6 Å². The van der Waals surface area contributed by atoms with Crippen molar-refractivity contribution in [3.63, 3.8) is 0 Å². The van der Waals surface area contributed by atoms with Crippen molar-refractivity contribution < 1.29 is 17.5 Å². The predicted octanol–water partition coefficient (Wildman–Crippen LogP) is -0.585. The van der Waals surface area contributed by atoms with E-state index in [1.807, 2.05) is 0 Å². The highest BCUT2D eigenvalue weighted by Crippen LogP contribution is 2.02. The molecule has 5 heteroatoms. The maximum atomic E-state index is 10.4. The summed E-state index contributed by atoms with van der Waals surface area (Å²) in [6.45, 7) is 0. The Bertz CT molecular complexity index is 341. The maximum absolute atomic E-state index is 10.4. The molecule has 0 aliphatic carbocycles. The number of hydrogen-bond acceptors (Lipinski definition) is 3. The molecule has 0 aliphatic heterocycles. The van der Waals surface area contributed by atoms with Crippen LogP contribution in [0, 0.1) is 0 Å². The number of rotatable bonds is 1. The second kappa shape index (κ2) is 2.60. The molecule has 0 aromatic carbocycles. The minimum Gasteiger partial charge on any atom is -0.744 e. The number of hydrogen-bond donors (Lipinski definition) is 0. The minimum absolute atomic E-state index is 0.199. The van der Waals surface area contributed by atoms with Crippen LogP contribution in [0.15, 0.2) is 29.4 Å². The first-order valence-electron chi connectivity index (χ1n) is 2.91. The highest BCUT2D eigenvalue weighted by molar-refractivity contribution is 7.85. The molecule has 0 spiro atoms. The van der Waals surface area contributed by atoms with Gasteiger partial charge in [-0.05, 0) is 0 Å². The summed E-state index contributed by atoms with van der Waals surface area (Å²) in [4.78, 5) is -0.199. The van der Waals surface area contributed by atoms with Crippen molar-refractivity contribution in [2.75, 3.05) is 0 Å². The van der Waals surface area contributed by atoms with Crippen molar-refractivity contribution in [3.05, 3.63) is 24.5 Å². The van der Waals surface area contributed by atoms with Crippen molar-refractivity contribution in [2.45, 2.75) is 4.90 Å². The Morgan fingerprint density at radius 1 is 1.36 bits per heavy atom. The van der Waals surface area contributed by atoms with E-state index in [0.717, 1.165) is 0 Å². The number of pyridine rings is 1. The lowest BCUT2D eigenvalue weighted by Gasteiger charge is -2.03. The quantitative estimate of drug-likeness (QED) is 0.421. The van der Waals surface area contributed by atoms with Crippen molar-refractivity contribution in [1.82, 2.24) is 0 Å². The standard InChI is InChI=1S/C6H7NO3S/c1-7-4-2-6(3-5-7)11(8,9)10/h2-5H,1H3. The van der Waals surface area contributed by atoms with Gasteiger partial charge in [0, 0.05) is 12.1 Å². The number of aromatic nitrogens is 1. The Hall–Kier alpha value is -0.940. The fourth-order valence-electron chi connectivity index (χ4n) is 0.654. The molecule has 0 saturated heterocycles. The van der Waals surface area contributed by atoms with Crippen molar-refractivity contribution in [1.29, 1.82) is 0 Å². The van der Waals surface area contributed by atoms with Gasteiger partial charge in [0.25, 0.3) is 0 Å². The summed E-state index contributed by atoms with van der Waals surface area (Å²) < 4.78 is 32.8. The molecule has 1 heterocycles. The summed E-state index contributed by atoms with van der Waals surface area (Å²) in [7, 11) is -2.55. The zero-order valence-electron chi connectivity index (χ0n) is 5.89. The van der Waals surface area contributed by atoms with Gasteiger partial charge in [-0.25, -0.2) is 13.0 Å². The summed E-state index contributed by atoms with van der Waals surface area (Å²) in [6, 6.07) is 2.53. The van der Waals surface area contributed by atoms with E-state index >= 15 is 0 Å².